The summed E-state index contributed by atoms with van der Waals surface area (Å²) in [6, 6.07) is 15.4. The molecule has 0 N–H and O–H groups in total. The molecule has 3 heterocycles. The molecule has 0 saturated heterocycles. The maximum absolute atomic E-state index is 12.9. The number of carbonyl (C=O) groups is 1. The molecule has 2 aromatic heterocycles. The molecule has 4 rings (SSSR count). The third-order valence-electron chi connectivity index (χ3n) is 5.20. The molecule has 0 unspecified atom stereocenters. The lowest BCUT2D eigenvalue weighted by Gasteiger charge is -2.34. The van der Waals surface area contributed by atoms with E-state index in [-0.39, 0.29) is 23.9 Å². The van der Waals surface area contributed by atoms with E-state index >= 15 is 0 Å². The van der Waals surface area contributed by atoms with Gasteiger partial charge in [0.2, 0.25) is 5.91 Å². The summed E-state index contributed by atoms with van der Waals surface area (Å²) in [5.41, 5.74) is 1.13. The molecule has 1 aliphatic heterocycles. The summed E-state index contributed by atoms with van der Waals surface area (Å²) in [5.74, 6) is 1.72. The Balaban J connectivity index is 1.50. The highest BCUT2D eigenvalue weighted by Crippen LogP contribution is 2.25. The topological polar surface area (TPSA) is 73.0 Å². The summed E-state index contributed by atoms with van der Waals surface area (Å²) in [6.07, 6.45) is 2.81. The standard InChI is InChI=1S/C21H23N5O2/c1-16-22-23-19-15-25(21(28)10-12-24-11-6-5-9-20(24)27)14-18(26(16)19)13-17-7-3-2-4-8-17/h2-9,11,18H,10,12-15H2,1H3/t18-/m1/s1. The van der Waals surface area contributed by atoms with Gasteiger partial charge in [-0.1, -0.05) is 36.4 Å². The van der Waals surface area contributed by atoms with Gasteiger partial charge in [-0.3, -0.25) is 9.59 Å². The first kappa shape index (κ1) is 18.2. The van der Waals surface area contributed by atoms with E-state index in [9.17, 15) is 9.59 Å². The molecule has 1 amide bonds. The molecule has 7 nitrogen and oxygen atoms in total. The fourth-order valence-corrected chi connectivity index (χ4v) is 3.82. The number of hydrogen-bond donors (Lipinski definition) is 0. The SMILES string of the molecule is Cc1nnc2n1[C@H](Cc1ccccc1)CN(C(=O)CCn1ccccc1=O)C2. The van der Waals surface area contributed by atoms with Crippen LogP contribution in [0.15, 0.2) is 59.5 Å². The Morgan fingerprint density at radius 3 is 2.68 bits per heavy atom. The van der Waals surface area contributed by atoms with Crippen LogP contribution in [0.25, 0.3) is 0 Å². The van der Waals surface area contributed by atoms with Crippen molar-refractivity contribution in [2.24, 2.45) is 0 Å². The fraction of sp³-hybridized carbons (Fsp3) is 0.333. The summed E-state index contributed by atoms with van der Waals surface area (Å²) >= 11 is 0. The minimum Gasteiger partial charge on any atom is -0.333 e. The molecule has 0 radical (unpaired) electrons. The molecule has 0 saturated carbocycles. The number of rotatable bonds is 5. The minimum atomic E-state index is -0.0914. The average Bonchev–Trinajstić information content (AvgIpc) is 3.09. The zero-order chi connectivity index (χ0) is 19.5. The van der Waals surface area contributed by atoms with Crippen molar-refractivity contribution in [1.29, 1.82) is 0 Å². The van der Waals surface area contributed by atoms with E-state index in [1.807, 2.05) is 30.0 Å². The van der Waals surface area contributed by atoms with Gasteiger partial charge in [-0.25, -0.2) is 0 Å². The van der Waals surface area contributed by atoms with E-state index in [1.165, 1.54) is 11.6 Å². The molecule has 0 bridgehead atoms. The maximum atomic E-state index is 12.9. The maximum Gasteiger partial charge on any atom is 0.250 e. The molecule has 0 aliphatic carbocycles. The monoisotopic (exact) mass is 377 g/mol. The first-order valence-corrected chi connectivity index (χ1v) is 9.49. The van der Waals surface area contributed by atoms with Crippen molar-refractivity contribution in [2.45, 2.75) is 38.9 Å². The highest BCUT2D eigenvalue weighted by atomic mass is 16.2. The summed E-state index contributed by atoms with van der Waals surface area (Å²) < 4.78 is 3.72. The van der Waals surface area contributed by atoms with Crippen LogP contribution < -0.4 is 5.56 Å². The number of carbonyl (C=O) groups excluding carboxylic acids is 1. The molecule has 3 aromatic rings. The number of pyridine rings is 1. The Morgan fingerprint density at radius 2 is 1.89 bits per heavy atom. The summed E-state index contributed by atoms with van der Waals surface area (Å²) in [7, 11) is 0. The van der Waals surface area contributed by atoms with Crippen LogP contribution in [0.3, 0.4) is 0 Å². The van der Waals surface area contributed by atoms with Crippen LogP contribution in [0.1, 0.15) is 29.7 Å². The van der Waals surface area contributed by atoms with Crippen molar-refractivity contribution in [3.05, 3.63) is 82.3 Å². The molecule has 1 aliphatic rings. The van der Waals surface area contributed by atoms with Crippen LogP contribution in [-0.2, 0) is 24.3 Å². The van der Waals surface area contributed by atoms with Crippen molar-refractivity contribution < 1.29 is 4.79 Å². The number of fused-ring (bicyclic) bond motifs is 1. The Hall–Kier alpha value is -3.22. The molecule has 0 fully saturated rings. The van der Waals surface area contributed by atoms with Crippen LogP contribution in [0, 0.1) is 6.92 Å². The summed E-state index contributed by atoms with van der Waals surface area (Å²) in [4.78, 5) is 26.5. The van der Waals surface area contributed by atoms with Crippen LogP contribution in [0.4, 0.5) is 0 Å². The summed E-state index contributed by atoms with van der Waals surface area (Å²) in [6.45, 7) is 3.40. The summed E-state index contributed by atoms with van der Waals surface area (Å²) in [5, 5.41) is 8.50. The predicted octanol–water partition coefficient (Wildman–Crippen LogP) is 1.96. The van der Waals surface area contributed by atoms with Gasteiger partial charge in [-0.2, -0.15) is 0 Å². The van der Waals surface area contributed by atoms with Crippen LogP contribution in [0.5, 0.6) is 0 Å². The van der Waals surface area contributed by atoms with Crippen LogP contribution >= 0.6 is 0 Å². The van der Waals surface area contributed by atoms with Gasteiger partial charge < -0.3 is 14.0 Å². The minimum absolute atomic E-state index is 0.0284. The lowest BCUT2D eigenvalue weighted by molar-refractivity contribution is -0.133. The number of amides is 1. The Labute approximate surface area is 163 Å². The van der Waals surface area contributed by atoms with Crippen molar-refractivity contribution in [1.82, 2.24) is 24.2 Å². The number of hydrogen-bond acceptors (Lipinski definition) is 4. The second-order valence-corrected chi connectivity index (χ2v) is 7.13. The van der Waals surface area contributed by atoms with Gasteiger partial charge in [0, 0.05) is 31.8 Å². The van der Waals surface area contributed by atoms with Crippen molar-refractivity contribution in [3.8, 4) is 0 Å². The van der Waals surface area contributed by atoms with Gasteiger partial charge in [-0.05, 0) is 25.0 Å². The van der Waals surface area contributed by atoms with E-state index in [1.54, 1.807) is 22.9 Å². The van der Waals surface area contributed by atoms with Gasteiger partial charge >= 0.3 is 0 Å². The van der Waals surface area contributed by atoms with Gasteiger partial charge in [0.1, 0.15) is 5.82 Å². The van der Waals surface area contributed by atoms with E-state index in [0.717, 1.165) is 18.1 Å². The number of nitrogens with zero attached hydrogens (tertiary/aromatic N) is 5. The second kappa shape index (κ2) is 7.80. The van der Waals surface area contributed by atoms with Crippen molar-refractivity contribution >= 4 is 5.91 Å². The normalized spacial score (nSPS) is 16.0. The largest absolute Gasteiger partial charge is 0.333 e. The lowest BCUT2D eigenvalue weighted by atomic mass is 10.0. The predicted molar refractivity (Wildman–Crippen MR) is 105 cm³/mol. The van der Waals surface area contributed by atoms with Gasteiger partial charge in [0.05, 0.1) is 12.6 Å². The molecule has 144 valence electrons. The molecule has 1 atom stereocenters. The van der Waals surface area contributed by atoms with Crippen molar-refractivity contribution in [2.75, 3.05) is 6.54 Å². The van der Waals surface area contributed by atoms with Crippen LogP contribution in [-0.4, -0.2) is 36.7 Å². The Bertz CT molecular complexity index is 1020. The second-order valence-electron chi connectivity index (χ2n) is 7.13. The van der Waals surface area contributed by atoms with Gasteiger partial charge in [0.25, 0.3) is 5.56 Å². The molecule has 1 aromatic carbocycles. The van der Waals surface area contributed by atoms with E-state index < -0.39 is 0 Å². The van der Waals surface area contributed by atoms with E-state index in [0.29, 0.717) is 19.6 Å². The highest BCUT2D eigenvalue weighted by Gasteiger charge is 2.30. The zero-order valence-electron chi connectivity index (χ0n) is 15.9. The van der Waals surface area contributed by atoms with E-state index in [4.69, 9.17) is 0 Å². The average molecular weight is 377 g/mol. The molecule has 7 heteroatoms. The van der Waals surface area contributed by atoms with Crippen LogP contribution in [0.2, 0.25) is 0 Å². The first-order valence-electron chi connectivity index (χ1n) is 9.49. The van der Waals surface area contributed by atoms with Crippen molar-refractivity contribution in [3.63, 3.8) is 0 Å². The molecule has 28 heavy (non-hydrogen) atoms. The third-order valence-corrected chi connectivity index (χ3v) is 5.20. The Morgan fingerprint density at radius 1 is 1.11 bits per heavy atom. The Kier molecular flexibility index (Phi) is 5.06. The molecule has 0 spiro atoms. The molecular formula is C21H23N5O2. The fourth-order valence-electron chi connectivity index (χ4n) is 3.82. The number of aryl methyl sites for hydroxylation is 2. The van der Waals surface area contributed by atoms with Gasteiger partial charge in [-0.15, -0.1) is 10.2 Å². The number of benzene rings is 1. The number of aromatic nitrogens is 4. The smallest absolute Gasteiger partial charge is 0.250 e. The first-order chi connectivity index (χ1) is 13.6. The molecular weight excluding hydrogens is 354 g/mol. The quantitative estimate of drug-likeness (QED) is 0.681. The zero-order valence-corrected chi connectivity index (χ0v) is 15.9. The highest BCUT2D eigenvalue weighted by molar-refractivity contribution is 5.76. The van der Waals surface area contributed by atoms with Gasteiger partial charge in [0.15, 0.2) is 5.82 Å². The van der Waals surface area contributed by atoms with E-state index in [2.05, 4.69) is 26.9 Å². The lowest BCUT2D eigenvalue weighted by Crippen LogP contribution is -2.42. The third kappa shape index (κ3) is 3.74.